The molecule has 0 radical (unpaired) electrons. The monoisotopic (exact) mass is 285 g/mol. The maximum absolute atomic E-state index is 5.73. The molecule has 2 aromatic rings. The molecule has 0 fully saturated rings. The second kappa shape index (κ2) is 7.07. The zero-order chi connectivity index (χ0) is 15.2. The summed E-state index contributed by atoms with van der Waals surface area (Å²) in [7, 11) is 0. The van der Waals surface area contributed by atoms with Crippen LogP contribution in [0.2, 0.25) is 0 Å². The lowest BCUT2D eigenvalue weighted by Crippen LogP contribution is -2.12. The van der Waals surface area contributed by atoms with Gasteiger partial charge in [-0.25, -0.2) is 9.97 Å². The van der Waals surface area contributed by atoms with Crippen LogP contribution in [-0.4, -0.2) is 16.5 Å². The van der Waals surface area contributed by atoms with Gasteiger partial charge in [-0.2, -0.15) is 0 Å². The molecule has 1 N–H and O–H groups in total. The number of aromatic nitrogens is 2. The van der Waals surface area contributed by atoms with Crippen LogP contribution in [0.4, 0.5) is 5.82 Å². The number of nitrogens with one attached hydrogen (secondary N) is 1. The number of hydrogen-bond acceptors (Lipinski definition) is 4. The van der Waals surface area contributed by atoms with E-state index in [9.17, 15) is 0 Å². The van der Waals surface area contributed by atoms with Crippen LogP contribution in [0, 0.1) is 6.92 Å². The second-order valence-electron chi connectivity index (χ2n) is 5.27. The molecule has 0 unspecified atom stereocenters. The van der Waals surface area contributed by atoms with Gasteiger partial charge in [0.1, 0.15) is 18.2 Å². The molecule has 21 heavy (non-hydrogen) atoms. The molecule has 4 nitrogen and oxygen atoms in total. The predicted octanol–water partition coefficient (Wildman–Crippen LogP) is 3.92. The van der Waals surface area contributed by atoms with E-state index in [0.717, 1.165) is 23.8 Å². The first kappa shape index (κ1) is 15.3. The van der Waals surface area contributed by atoms with Crippen LogP contribution in [0.3, 0.4) is 0 Å². The van der Waals surface area contributed by atoms with Crippen molar-refractivity contribution >= 4 is 5.82 Å². The fraction of sp³-hybridized carbons (Fsp3) is 0.412. The van der Waals surface area contributed by atoms with Crippen LogP contribution < -0.4 is 10.1 Å². The normalized spacial score (nSPS) is 10.7. The van der Waals surface area contributed by atoms with Gasteiger partial charge in [-0.3, -0.25) is 0 Å². The SMILES string of the molecule is CCNc1nc(COc2ccccc2)nc(C)c1C(C)C. The summed E-state index contributed by atoms with van der Waals surface area (Å²) < 4.78 is 5.73. The third-order valence-electron chi connectivity index (χ3n) is 3.22. The molecule has 0 saturated carbocycles. The van der Waals surface area contributed by atoms with Gasteiger partial charge in [0.15, 0.2) is 5.82 Å². The lowest BCUT2D eigenvalue weighted by Gasteiger charge is -2.16. The Morgan fingerprint density at radius 3 is 2.48 bits per heavy atom. The minimum absolute atomic E-state index is 0.377. The first-order valence-electron chi connectivity index (χ1n) is 7.41. The van der Waals surface area contributed by atoms with E-state index < -0.39 is 0 Å². The van der Waals surface area contributed by atoms with Gasteiger partial charge < -0.3 is 10.1 Å². The van der Waals surface area contributed by atoms with E-state index in [1.54, 1.807) is 0 Å². The molecule has 0 bridgehead atoms. The first-order valence-corrected chi connectivity index (χ1v) is 7.41. The van der Waals surface area contributed by atoms with Gasteiger partial charge in [0.2, 0.25) is 0 Å². The van der Waals surface area contributed by atoms with Crippen molar-refractivity contribution in [3.8, 4) is 5.75 Å². The fourth-order valence-electron chi connectivity index (χ4n) is 2.36. The summed E-state index contributed by atoms with van der Waals surface area (Å²) in [5, 5.41) is 3.33. The van der Waals surface area contributed by atoms with Crippen molar-refractivity contribution in [3.63, 3.8) is 0 Å². The third kappa shape index (κ3) is 3.94. The Balaban J connectivity index is 2.20. The molecule has 4 heteroatoms. The Kier molecular flexibility index (Phi) is 5.14. The number of anilines is 1. The molecule has 1 heterocycles. The molecule has 0 amide bonds. The van der Waals surface area contributed by atoms with Crippen LogP contribution in [0.25, 0.3) is 0 Å². The van der Waals surface area contributed by atoms with Crippen LogP contribution >= 0.6 is 0 Å². The molecule has 0 atom stereocenters. The zero-order valence-corrected chi connectivity index (χ0v) is 13.2. The van der Waals surface area contributed by atoms with E-state index in [1.807, 2.05) is 37.3 Å². The van der Waals surface area contributed by atoms with E-state index >= 15 is 0 Å². The molecule has 0 saturated heterocycles. The molecule has 0 aliphatic carbocycles. The number of nitrogens with zero attached hydrogens (tertiary/aromatic N) is 2. The predicted molar refractivity (Wildman–Crippen MR) is 85.8 cm³/mol. The average Bonchev–Trinajstić information content (AvgIpc) is 2.46. The van der Waals surface area contributed by atoms with Crippen molar-refractivity contribution in [1.29, 1.82) is 0 Å². The molecular formula is C17H23N3O. The second-order valence-corrected chi connectivity index (χ2v) is 5.27. The van der Waals surface area contributed by atoms with E-state index in [2.05, 4.69) is 36.1 Å². The Labute approximate surface area is 126 Å². The standard InChI is InChI=1S/C17H23N3O/c1-5-18-17-16(12(2)3)13(4)19-15(20-17)11-21-14-9-7-6-8-10-14/h6-10,12H,5,11H2,1-4H3,(H,18,19,20). The summed E-state index contributed by atoms with van der Waals surface area (Å²) in [5.41, 5.74) is 2.20. The van der Waals surface area contributed by atoms with Crippen LogP contribution in [0.15, 0.2) is 30.3 Å². The zero-order valence-electron chi connectivity index (χ0n) is 13.2. The molecular weight excluding hydrogens is 262 g/mol. The fourth-order valence-corrected chi connectivity index (χ4v) is 2.36. The van der Waals surface area contributed by atoms with E-state index in [0.29, 0.717) is 18.3 Å². The third-order valence-corrected chi connectivity index (χ3v) is 3.22. The van der Waals surface area contributed by atoms with Gasteiger partial charge in [0.25, 0.3) is 0 Å². The molecule has 0 aliphatic heterocycles. The smallest absolute Gasteiger partial charge is 0.168 e. The highest BCUT2D eigenvalue weighted by atomic mass is 16.5. The molecule has 112 valence electrons. The maximum Gasteiger partial charge on any atom is 0.168 e. The highest BCUT2D eigenvalue weighted by molar-refractivity contribution is 5.48. The topological polar surface area (TPSA) is 47.0 Å². The Hall–Kier alpha value is -2.10. The van der Waals surface area contributed by atoms with Crippen LogP contribution in [0.5, 0.6) is 5.75 Å². The Morgan fingerprint density at radius 2 is 1.86 bits per heavy atom. The lowest BCUT2D eigenvalue weighted by molar-refractivity contribution is 0.295. The van der Waals surface area contributed by atoms with Crippen LogP contribution in [0.1, 0.15) is 43.8 Å². The number of para-hydroxylation sites is 1. The van der Waals surface area contributed by atoms with E-state index in [-0.39, 0.29) is 0 Å². The highest BCUT2D eigenvalue weighted by Gasteiger charge is 2.14. The quantitative estimate of drug-likeness (QED) is 0.874. The van der Waals surface area contributed by atoms with Gasteiger partial charge in [-0.05, 0) is 31.9 Å². The summed E-state index contributed by atoms with van der Waals surface area (Å²) in [5.74, 6) is 2.85. The van der Waals surface area contributed by atoms with Crippen molar-refractivity contribution < 1.29 is 4.74 Å². The van der Waals surface area contributed by atoms with Gasteiger partial charge in [0, 0.05) is 17.8 Å². The average molecular weight is 285 g/mol. The minimum Gasteiger partial charge on any atom is -0.486 e. The van der Waals surface area contributed by atoms with Crippen molar-refractivity contribution in [3.05, 3.63) is 47.4 Å². The molecule has 1 aromatic carbocycles. The van der Waals surface area contributed by atoms with Crippen molar-refractivity contribution in [2.75, 3.05) is 11.9 Å². The number of benzene rings is 1. The number of aryl methyl sites for hydroxylation is 1. The van der Waals surface area contributed by atoms with Gasteiger partial charge in [-0.1, -0.05) is 32.0 Å². The number of rotatable bonds is 6. The highest BCUT2D eigenvalue weighted by Crippen LogP contribution is 2.25. The van der Waals surface area contributed by atoms with Gasteiger partial charge >= 0.3 is 0 Å². The van der Waals surface area contributed by atoms with Crippen molar-refractivity contribution in [2.24, 2.45) is 0 Å². The lowest BCUT2D eigenvalue weighted by atomic mass is 10.0. The summed E-state index contributed by atoms with van der Waals surface area (Å²) in [6.45, 7) is 9.64. The van der Waals surface area contributed by atoms with Crippen molar-refractivity contribution in [2.45, 2.75) is 40.2 Å². The number of hydrogen-bond donors (Lipinski definition) is 1. The summed E-state index contributed by atoms with van der Waals surface area (Å²) in [6, 6.07) is 9.73. The molecule has 0 aliphatic rings. The number of ether oxygens (including phenoxy) is 1. The summed E-state index contributed by atoms with van der Waals surface area (Å²) >= 11 is 0. The van der Waals surface area contributed by atoms with Gasteiger partial charge in [0.05, 0.1) is 0 Å². The summed E-state index contributed by atoms with van der Waals surface area (Å²) in [4.78, 5) is 9.19. The maximum atomic E-state index is 5.73. The minimum atomic E-state index is 0.377. The van der Waals surface area contributed by atoms with Crippen LogP contribution in [-0.2, 0) is 6.61 Å². The van der Waals surface area contributed by atoms with Crippen molar-refractivity contribution in [1.82, 2.24) is 9.97 Å². The van der Waals surface area contributed by atoms with E-state index in [1.165, 1.54) is 5.56 Å². The van der Waals surface area contributed by atoms with E-state index in [4.69, 9.17) is 4.74 Å². The first-order chi connectivity index (χ1) is 10.1. The Bertz CT molecular complexity index is 582. The Morgan fingerprint density at radius 1 is 1.14 bits per heavy atom. The molecule has 2 rings (SSSR count). The molecule has 0 spiro atoms. The molecule has 1 aromatic heterocycles. The largest absolute Gasteiger partial charge is 0.486 e. The summed E-state index contributed by atoms with van der Waals surface area (Å²) in [6.07, 6.45) is 0. The van der Waals surface area contributed by atoms with Gasteiger partial charge in [-0.15, -0.1) is 0 Å².